The van der Waals surface area contributed by atoms with Crippen LogP contribution in [0, 0.1) is 0 Å². The number of carbonyl (C=O) groups excluding carboxylic acids is 1. The van der Waals surface area contributed by atoms with Crippen LogP contribution in [-0.4, -0.2) is 41.8 Å². The van der Waals surface area contributed by atoms with E-state index < -0.39 is 12.3 Å². The molecule has 1 aromatic heterocycles. The van der Waals surface area contributed by atoms with Crippen molar-refractivity contribution in [1.82, 2.24) is 4.98 Å². The van der Waals surface area contributed by atoms with Gasteiger partial charge in [-0.1, -0.05) is 80.1 Å². The van der Waals surface area contributed by atoms with E-state index in [-0.39, 0.29) is 0 Å². The van der Waals surface area contributed by atoms with Crippen LogP contribution in [-0.2, 0) is 11.2 Å². The quantitative estimate of drug-likeness (QED) is 0.0183. The summed E-state index contributed by atoms with van der Waals surface area (Å²) in [5.74, 6) is 0.646. The SMILES string of the molecule is C=CC(O)OCCCCCCOc1ccc(C(=O)Oc2ccc(-c3ccc(CCC)cc3)c(/C=N/Nc3nc4ccccc4s3)c2)cc1. The van der Waals surface area contributed by atoms with Crippen molar-refractivity contribution < 1.29 is 24.1 Å². The van der Waals surface area contributed by atoms with Crippen molar-refractivity contribution in [2.75, 3.05) is 18.6 Å². The van der Waals surface area contributed by atoms with Crippen molar-refractivity contribution in [1.29, 1.82) is 0 Å². The maximum absolute atomic E-state index is 13.1. The first kappa shape index (κ1) is 34.5. The number of carbonyl (C=O) groups is 1. The monoisotopic (exact) mass is 663 g/mol. The van der Waals surface area contributed by atoms with Crippen molar-refractivity contribution >= 4 is 38.9 Å². The average Bonchev–Trinajstić information content (AvgIpc) is 3.53. The number of nitrogens with zero attached hydrogens (tertiary/aromatic N) is 2. The summed E-state index contributed by atoms with van der Waals surface area (Å²) >= 11 is 1.53. The number of benzene rings is 4. The Bertz CT molecular complexity index is 1770. The molecule has 0 amide bonds. The van der Waals surface area contributed by atoms with E-state index in [2.05, 4.69) is 53.3 Å². The summed E-state index contributed by atoms with van der Waals surface area (Å²) in [4.78, 5) is 17.7. The highest BCUT2D eigenvalue weighted by molar-refractivity contribution is 7.22. The molecule has 4 aromatic carbocycles. The highest BCUT2D eigenvalue weighted by Gasteiger charge is 2.12. The normalized spacial score (nSPS) is 11.9. The maximum Gasteiger partial charge on any atom is 0.343 e. The zero-order chi connectivity index (χ0) is 33.6. The number of esters is 1. The van der Waals surface area contributed by atoms with Gasteiger partial charge in [-0.2, -0.15) is 5.10 Å². The van der Waals surface area contributed by atoms with E-state index in [0.717, 1.165) is 65.4 Å². The number of hydrogen-bond donors (Lipinski definition) is 2. The first-order valence-electron chi connectivity index (χ1n) is 16.3. The predicted molar refractivity (Wildman–Crippen MR) is 194 cm³/mol. The summed E-state index contributed by atoms with van der Waals surface area (Å²) in [6.45, 7) is 6.73. The number of rotatable bonds is 18. The molecule has 5 aromatic rings. The molecule has 0 saturated heterocycles. The van der Waals surface area contributed by atoms with E-state index in [9.17, 15) is 9.90 Å². The van der Waals surface area contributed by atoms with E-state index in [4.69, 9.17) is 14.2 Å². The van der Waals surface area contributed by atoms with Gasteiger partial charge in [0.2, 0.25) is 5.13 Å². The second kappa shape index (κ2) is 17.9. The van der Waals surface area contributed by atoms with Crippen LogP contribution in [0.1, 0.15) is 60.5 Å². The van der Waals surface area contributed by atoms with Gasteiger partial charge < -0.3 is 19.3 Å². The molecule has 1 atom stereocenters. The Morgan fingerprint density at radius 3 is 2.46 bits per heavy atom. The lowest BCUT2D eigenvalue weighted by molar-refractivity contribution is -0.0649. The second-order valence-electron chi connectivity index (χ2n) is 11.2. The van der Waals surface area contributed by atoms with E-state index in [1.54, 1.807) is 36.5 Å². The first-order valence-corrected chi connectivity index (χ1v) is 17.1. The topological polar surface area (TPSA) is 102 Å². The molecular formula is C39H41N3O5S. The lowest BCUT2D eigenvalue weighted by atomic mass is 9.98. The number of para-hydroxylation sites is 1. The molecule has 0 bridgehead atoms. The van der Waals surface area contributed by atoms with Gasteiger partial charge in [-0.3, -0.25) is 5.43 Å². The number of ether oxygens (including phenoxy) is 3. The zero-order valence-corrected chi connectivity index (χ0v) is 28.0. The molecule has 2 N–H and O–H groups in total. The molecule has 48 heavy (non-hydrogen) atoms. The molecule has 1 unspecified atom stereocenters. The van der Waals surface area contributed by atoms with Crippen LogP contribution in [0.4, 0.5) is 5.13 Å². The summed E-state index contributed by atoms with van der Waals surface area (Å²) in [7, 11) is 0. The van der Waals surface area contributed by atoms with Crippen LogP contribution in [0.25, 0.3) is 21.3 Å². The Morgan fingerprint density at radius 1 is 0.958 bits per heavy atom. The van der Waals surface area contributed by atoms with Gasteiger partial charge in [0.05, 0.1) is 35.2 Å². The largest absolute Gasteiger partial charge is 0.494 e. The highest BCUT2D eigenvalue weighted by atomic mass is 32.1. The minimum absolute atomic E-state index is 0.414. The maximum atomic E-state index is 13.1. The van der Waals surface area contributed by atoms with Crippen LogP contribution >= 0.6 is 11.3 Å². The Hall–Kier alpha value is -4.83. The molecule has 0 aliphatic rings. The summed E-state index contributed by atoms with van der Waals surface area (Å²) in [6.07, 6.45) is 8.05. The number of aryl methyl sites for hydroxylation is 1. The zero-order valence-electron chi connectivity index (χ0n) is 27.1. The molecule has 9 heteroatoms. The van der Waals surface area contributed by atoms with Crippen molar-refractivity contribution in [3.63, 3.8) is 0 Å². The molecule has 0 saturated carbocycles. The number of hydrazone groups is 1. The highest BCUT2D eigenvalue weighted by Crippen LogP contribution is 2.29. The Kier molecular flexibility index (Phi) is 12.9. The number of aromatic nitrogens is 1. The molecule has 0 spiro atoms. The van der Waals surface area contributed by atoms with Gasteiger partial charge in [0.1, 0.15) is 11.5 Å². The number of anilines is 1. The van der Waals surface area contributed by atoms with E-state index in [1.807, 2.05) is 36.4 Å². The molecular weight excluding hydrogens is 623 g/mol. The molecule has 0 fully saturated rings. The molecule has 0 aliphatic carbocycles. The fraction of sp³-hybridized carbons (Fsp3) is 0.256. The van der Waals surface area contributed by atoms with Crippen molar-refractivity contribution in [2.45, 2.75) is 51.7 Å². The van der Waals surface area contributed by atoms with Crippen molar-refractivity contribution in [3.05, 3.63) is 120 Å². The fourth-order valence-electron chi connectivity index (χ4n) is 5.06. The van der Waals surface area contributed by atoms with E-state index >= 15 is 0 Å². The number of thiazole rings is 1. The van der Waals surface area contributed by atoms with Gasteiger partial charge in [-0.15, -0.1) is 0 Å². The van der Waals surface area contributed by atoms with Crippen LogP contribution in [0.2, 0.25) is 0 Å². The molecule has 248 valence electrons. The number of aliphatic hydroxyl groups excluding tert-OH is 1. The summed E-state index contributed by atoms with van der Waals surface area (Å²) in [5.41, 5.74) is 8.49. The number of unbranched alkanes of at least 4 members (excludes halogenated alkanes) is 3. The Labute approximate surface area is 285 Å². The molecule has 1 heterocycles. The predicted octanol–water partition coefficient (Wildman–Crippen LogP) is 9.04. The van der Waals surface area contributed by atoms with Gasteiger partial charge in [0.25, 0.3) is 0 Å². The Morgan fingerprint density at radius 2 is 1.71 bits per heavy atom. The number of hydrogen-bond acceptors (Lipinski definition) is 9. The second-order valence-corrected chi connectivity index (χ2v) is 12.3. The smallest absolute Gasteiger partial charge is 0.343 e. The number of aliphatic hydroxyl groups is 1. The number of nitrogens with one attached hydrogen (secondary N) is 1. The Balaban J connectivity index is 1.20. The minimum Gasteiger partial charge on any atom is -0.494 e. The van der Waals surface area contributed by atoms with Gasteiger partial charge in [-0.25, -0.2) is 9.78 Å². The first-order chi connectivity index (χ1) is 23.5. The van der Waals surface area contributed by atoms with Crippen LogP contribution in [0.5, 0.6) is 11.5 Å². The molecule has 0 aliphatic heterocycles. The van der Waals surface area contributed by atoms with E-state index in [0.29, 0.717) is 35.4 Å². The summed E-state index contributed by atoms with van der Waals surface area (Å²) in [6, 6.07) is 29.0. The molecule has 0 radical (unpaired) electrons. The van der Waals surface area contributed by atoms with Crippen molar-refractivity contribution in [3.8, 4) is 22.6 Å². The lowest BCUT2D eigenvalue weighted by Crippen LogP contribution is -2.09. The van der Waals surface area contributed by atoms with Gasteiger partial charge >= 0.3 is 5.97 Å². The summed E-state index contributed by atoms with van der Waals surface area (Å²) < 4.78 is 17.9. The number of fused-ring (bicyclic) bond motifs is 1. The molecule has 8 nitrogen and oxygen atoms in total. The van der Waals surface area contributed by atoms with Gasteiger partial charge in [0, 0.05) is 5.56 Å². The minimum atomic E-state index is -0.899. The van der Waals surface area contributed by atoms with Gasteiger partial charge in [0.15, 0.2) is 6.29 Å². The third-order valence-corrected chi connectivity index (χ3v) is 8.52. The fourth-order valence-corrected chi connectivity index (χ4v) is 5.88. The lowest BCUT2D eigenvalue weighted by Gasteiger charge is -2.11. The average molecular weight is 664 g/mol. The third kappa shape index (κ3) is 10.1. The van der Waals surface area contributed by atoms with Crippen LogP contribution in [0.15, 0.2) is 109 Å². The van der Waals surface area contributed by atoms with Crippen molar-refractivity contribution in [2.24, 2.45) is 5.10 Å². The summed E-state index contributed by atoms with van der Waals surface area (Å²) in [5, 5.41) is 14.5. The standard InChI is InChI=1S/C39H41N3O5S/c1-3-11-28-14-16-29(17-15-28)34-23-22-33(26-31(34)27-40-42-39-41-35-12-7-8-13-36(35)48-39)47-38(44)30-18-20-32(21-19-30)45-24-9-5-6-10-25-46-37(43)4-2/h4,7-8,12-23,26-27,37,43H,2-3,5-6,9-11,24-25H2,1H3,(H,41,42)/b40-27+. The van der Waals surface area contributed by atoms with Gasteiger partial charge in [-0.05, 0) is 97.0 Å². The van der Waals surface area contributed by atoms with Crippen LogP contribution in [0.3, 0.4) is 0 Å². The molecule has 5 rings (SSSR count). The third-order valence-electron chi connectivity index (χ3n) is 7.58. The van der Waals surface area contributed by atoms with Crippen LogP contribution < -0.4 is 14.9 Å². The van der Waals surface area contributed by atoms with E-state index in [1.165, 1.54) is 23.0 Å².